The van der Waals surface area contributed by atoms with Crippen LogP contribution in [0.25, 0.3) is 0 Å². The molecular formula is C13H23NO. The molecule has 1 aliphatic carbocycles. The van der Waals surface area contributed by atoms with E-state index in [0.717, 1.165) is 38.0 Å². The van der Waals surface area contributed by atoms with Crippen molar-refractivity contribution in [1.29, 1.82) is 5.26 Å². The molecule has 0 spiro atoms. The fraction of sp³-hybridized carbons (Fsp3) is 0.923. The molecule has 1 atom stereocenters. The molecule has 1 rings (SSSR count). The smallest absolute Gasteiger partial charge is 0.0830 e. The fourth-order valence-electron chi connectivity index (χ4n) is 2.63. The number of aliphatic hydroxyl groups is 1. The monoisotopic (exact) mass is 209 g/mol. The van der Waals surface area contributed by atoms with E-state index in [1.165, 1.54) is 6.42 Å². The van der Waals surface area contributed by atoms with Gasteiger partial charge in [-0.3, -0.25) is 0 Å². The Bertz CT molecular complexity index is 248. The molecule has 1 aliphatic rings. The van der Waals surface area contributed by atoms with Gasteiger partial charge in [0.15, 0.2) is 0 Å². The van der Waals surface area contributed by atoms with E-state index in [4.69, 9.17) is 0 Å². The lowest BCUT2D eigenvalue weighted by molar-refractivity contribution is -0.0855. The zero-order valence-corrected chi connectivity index (χ0v) is 10.2. The zero-order valence-electron chi connectivity index (χ0n) is 10.2. The van der Waals surface area contributed by atoms with Crippen LogP contribution in [0.4, 0.5) is 0 Å². The van der Waals surface area contributed by atoms with Crippen LogP contribution >= 0.6 is 0 Å². The first kappa shape index (κ1) is 12.5. The Morgan fingerprint density at radius 2 is 1.93 bits per heavy atom. The van der Waals surface area contributed by atoms with Crippen molar-refractivity contribution in [3.63, 3.8) is 0 Å². The summed E-state index contributed by atoms with van der Waals surface area (Å²) in [5.41, 5.74) is -1.31. The van der Waals surface area contributed by atoms with Gasteiger partial charge >= 0.3 is 0 Å². The summed E-state index contributed by atoms with van der Waals surface area (Å²) in [7, 11) is 0. The molecular weight excluding hydrogens is 186 g/mol. The van der Waals surface area contributed by atoms with Gasteiger partial charge in [-0.15, -0.1) is 0 Å². The van der Waals surface area contributed by atoms with Gasteiger partial charge in [-0.05, 0) is 44.9 Å². The van der Waals surface area contributed by atoms with Crippen LogP contribution in [0, 0.1) is 22.7 Å². The summed E-state index contributed by atoms with van der Waals surface area (Å²) in [6.45, 7) is 6.10. The van der Waals surface area contributed by atoms with Crippen molar-refractivity contribution in [3.05, 3.63) is 0 Å². The maximum atomic E-state index is 10.6. The van der Waals surface area contributed by atoms with Crippen molar-refractivity contribution in [2.45, 2.75) is 64.9 Å². The summed E-state index contributed by atoms with van der Waals surface area (Å²) < 4.78 is 0. The molecule has 2 heteroatoms. The van der Waals surface area contributed by atoms with Crippen molar-refractivity contribution >= 4 is 0 Å². The summed E-state index contributed by atoms with van der Waals surface area (Å²) in [5.74, 6) is 0.755. The van der Waals surface area contributed by atoms with E-state index in [1.54, 1.807) is 0 Å². The Kier molecular flexibility index (Phi) is 3.78. The molecule has 1 saturated carbocycles. The molecule has 1 unspecified atom stereocenters. The Morgan fingerprint density at radius 3 is 2.27 bits per heavy atom. The molecule has 0 saturated heterocycles. The van der Waals surface area contributed by atoms with E-state index in [0.29, 0.717) is 0 Å². The number of hydrogen-bond donors (Lipinski definition) is 1. The highest BCUT2D eigenvalue weighted by atomic mass is 16.3. The van der Waals surface area contributed by atoms with E-state index >= 15 is 0 Å². The molecule has 1 fully saturated rings. The lowest BCUT2D eigenvalue weighted by Gasteiger charge is -2.44. The molecule has 0 aliphatic heterocycles. The van der Waals surface area contributed by atoms with Crippen molar-refractivity contribution in [2.24, 2.45) is 11.3 Å². The number of nitriles is 1. The molecule has 0 amide bonds. The third-order valence-electron chi connectivity index (χ3n) is 4.49. The van der Waals surface area contributed by atoms with Crippen molar-refractivity contribution < 1.29 is 5.11 Å². The van der Waals surface area contributed by atoms with E-state index in [-0.39, 0.29) is 0 Å². The normalized spacial score (nSPS) is 35.5. The van der Waals surface area contributed by atoms with Gasteiger partial charge < -0.3 is 5.11 Å². The highest BCUT2D eigenvalue weighted by molar-refractivity contribution is 5.09. The zero-order chi connectivity index (χ0) is 11.5. The van der Waals surface area contributed by atoms with Gasteiger partial charge in [0.25, 0.3) is 0 Å². The largest absolute Gasteiger partial charge is 0.388 e. The minimum atomic E-state index is -0.748. The number of hydrogen-bond acceptors (Lipinski definition) is 2. The first-order chi connectivity index (χ1) is 7.01. The van der Waals surface area contributed by atoms with Crippen molar-refractivity contribution in [3.8, 4) is 6.07 Å². The van der Waals surface area contributed by atoms with Crippen LogP contribution in [0.2, 0.25) is 0 Å². The van der Waals surface area contributed by atoms with Crippen LogP contribution in [-0.4, -0.2) is 10.7 Å². The van der Waals surface area contributed by atoms with Crippen LogP contribution in [0.3, 0.4) is 0 Å². The highest BCUT2D eigenvalue weighted by Crippen LogP contribution is 2.45. The van der Waals surface area contributed by atoms with Crippen LogP contribution in [0.15, 0.2) is 0 Å². The van der Waals surface area contributed by atoms with E-state index in [1.807, 2.05) is 13.8 Å². The Balaban J connectivity index is 2.74. The third kappa shape index (κ3) is 2.18. The Labute approximate surface area is 93.3 Å². The molecule has 0 heterocycles. The topological polar surface area (TPSA) is 44.0 Å². The molecule has 15 heavy (non-hydrogen) atoms. The van der Waals surface area contributed by atoms with E-state index in [2.05, 4.69) is 13.0 Å². The lowest BCUT2D eigenvalue weighted by Crippen LogP contribution is -2.47. The predicted molar refractivity (Wildman–Crippen MR) is 61.2 cm³/mol. The first-order valence-electron chi connectivity index (χ1n) is 6.15. The summed E-state index contributed by atoms with van der Waals surface area (Å²) in [4.78, 5) is 0. The van der Waals surface area contributed by atoms with Gasteiger partial charge in [0, 0.05) is 0 Å². The van der Waals surface area contributed by atoms with E-state index in [9.17, 15) is 10.4 Å². The molecule has 2 nitrogen and oxygen atoms in total. The first-order valence-corrected chi connectivity index (χ1v) is 6.15. The summed E-state index contributed by atoms with van der Waals surface area (Å²) in [6.07, 6.45) is 5.67. The van der Waals surface area contributed by atoms with Gasteiger partial charge in [0.1, 0.15) is 0 Å². The number of nitrogens with zero attached hydrogens (tertiary/aromatic N) is 1. The van der Waals surface area contributed by atoms with Gasteiger partial charge in [0.05, 0.1) is 17.1 Å². The molecule has 0 aromatic rings. The maximum Gasteiger partial charge on any atom is 0.0830 e. The standard InChI is InChI=1S/C13H23NO/c1-4-11-6-8-13(15,9-7-11)12(3,5-2)10-14/h11,15H,4-9H2,1-3H3. The highest BCUT2D eigenvalue weighted by Gasteiger charge is 2.47. The van der Waals surface area contributed by atoms with Gasteiger partial charge in [-0.25, -0.2) is 0 Å². The van der Waals surface area contributed by atoms with Gasteiger partial charge in [0.2, 0.25) is 0 Å². The minimum absolute atomic E-state index is 0.564. The fourth-order valence-corrected chi connectivity index (χ4v) is 2.63. The van der Waals surface area contributed by atoms with Gasteiger partial charge in [-0.2, -0.15) is 5.26 Å². The van der Waals surface area contributed by atoms with Crippen molar-refractivity contribution in [2.75, 3.05) is 0 Å². The van der Waals surface area contributed by atoms with E-state index < -0.39 is 11.0 Å². The molecule has 0 radical (unpaired) electrons. The van der Waals surface area contributed by atoms with Crippen LogP contribution < -0.4 is 0 Å². The predicted octanol–water partition coefficient (Wildman–Crippen LogP) is 3.26. The van der Waals surface area contributed by atoms with Crippen LogP contribution in [-0.2, 0) is 0 Å². The average Bonchev–Trinajstić information content (AvgIpc) is 2.29. The second-order valence-corrected chi connectivity index (χ2v) is 5.18. The van der Waals surface area contributed by atoms with Gasteiger partial charge in [-0.1, -0.05) is 20.3 Å². The SMILES string of the molecule is CCC1CCC(O)(C(C)(C#N)CC)CC1. The number of rotatable bonds is 3. The minimum Gasteiger partial charge on any atom is -0.388 e. The van der Waals surface area contributed by atoms with Crippen LogP contribution in [0.1, 0.15) is 59.3 Å². The average molecular weight is 209 g/mol. The van der Waals surface area contributed by atoms with Crippen molar-refractivity contribution in [1.82, 2.24) is 0 Å². The summed E-state index contributed by atoms with van der Waals surface area (Å²) in [5, 5.41) is 19.8. The quantitative estimate of drug-likeness (QED) is 0.775. The second kappa shape index (κ2) is 4.53. The molecule has 1 N–H and O–H groups in total. The Hall–Kier alpha value is -0.550. The third-order valence-corrected chi connectivity index (χ3v) is 4.49. The maximum absolute atomic E-state index is 10.6. The lowest BCUT2D eigenvalue weighted by atomic mass is 9.63. The summed E-state index contributed by atoms with van der Waals surface area (Å²) in [6, 6.07) is 2.32. The Morgan fingerprint density at radius 1 is 1.40 bits per heavy atom. The van der Waals surface area contributed by atoms with Crippen LogP contribution in [0.5, 0.6) is 0 Å². The molecule has 0 aromatic heterocycles. The molecule has 0 aromatic carbocycles. The second-order valence-electron chi connectivity index (χ2n) is 5.18. The summed E-state index contributed by atoms with van der Waals surface area (Å²) >= 11 is 0. The molecule has 86 valence electrons. The molecule has 0 bridgehead atoms.